The van der Waals surface area contributed by atoms with Crippen molar-refractivity contribution < 1.29 is 19.0 Å². The number of nitrogens with one attached hydrogen (secondary N) is 4. The van der Waals surface area contributed by atoms with Gasteiger partial charge in [-0.25, -0.2) is 4.39 Å². The Morgan fingerprint density at radius 1 is 1.17 bits per heavy atom. The second-order valence-corrected chi connectivity index (χ2v) is 7.41. The molecule has 5 nitrogen and oxygen atoms in total. The quantitative estimate of drug-likeness (QED) is 0.509. The molecule has 1 aromatic carbocycles. The van der Waals surface area contributed by atoms with Crippen molar-refractivity contribution in [2.24, 2.45) is 5.41 Å². The van der Waals surface area contributed by atoms with Gasteiger partial charge in [0.15, 0.2) is 0 Å². The monoisotopic (exact) mass is 332 g/mol. The lowest BCUT2D eigenvalue weighted by molar-refractivity contribution is -0.918. The van der Waals surface area contributed by atoms with Gasteiger partial charge in [-0.1, -0.05) is 6.92 Å². The van der Waals surface area contributed by atoms with E-state index in [1.54, 1.807) is 9.80 Å². The summed E-state index contributed by atoms with van der Waals surface area (Å²) in [6.45, 7) is 9.19. The molecule has 4 heterocycles. The molecule has 4 bridgehead atoms. The predicted molar refractivity (Wildman–Crippen MR) is 87.9 cm³/mol. The normalized spacial score (nSPS) is 31.1. The minimum atomic E-state index is -0.333. The summed E-state index contributed by atoms with van der Waals surface area (Å²) >= 11 is 0. The summed E-state index contributed by atoms with van der Waals surface area (Å²) in [6.07, 6.45) is 1.08. The number of rotatable bonds is 4. The van der Waals surface area contributed by atoms with Gasteiger partial charge < -0.3 is 15.2 Å². The molecule has 6 heteroatoms. The summed E-state index contributed by atoms with van der Waals surface area (Å²) in [5.41, 5.74) is 9.39. The van der Waals surface area contributed by atoms with Crippen molar-refractivity contribution in [1.82, 2.24) is 10.9 Å². The highest BCUT2D eigenvalue weighted by Crippen LogP contribution is 2.33. The first kappa shape index (κ1) is 15.6. The SMILES string of the molecule is CCC12C[NH+]3CC[NH+](CC(=C1NNC(=O)c1ccc(F)cc1)C3)C2. The third-order valence-electron chi connectivity index (χ3n) is 5.90. The first-order chi connectivity index (χ1) is 11.6. The summed E-state index contributed by atoms with van der Waals surface area (Å²) in [7, 11) is 0. The van der Waals surface area contributed by atoms with E-state index in [0.29, 0.717) is 5.56 Å². The lowest BCUT2D eigenvalue weighted by atomic mass is 9.74. The standard InChI is InChI=1S/C18H23FN4O/c1-2-18-11-22-7-8-23(12-18)10-14(9-22)16(18)20-21-17(24)13-3-5-15(19)6-4-13/h3-6,20H,2,7-12H2,1H3,(H,21,24)/p+2. The van der Waals surface area contributed by atoms with Gasteiger partial charge in [-0.3, -0.25) is 10.2 Å². The van der Waals surface area contributed by atoms with Crippen LogP contribution in [0, 0.1) is 11.2 Å². The van der Waals surface area contributed by atoms with Crippen LogP contribution in [0.3, 0.4) is 0 Å². The molecule has 0 radical (unpaired) electrons. The molecule has 2 fully saturated rings. The van der Waals surface area contributed by atoms with Crippen LogP contribution >= 0.6 is 0 Å². The summed E-state index contributed by atoms with van der Waals surface area (Å²) in [5, 5.41) is 0. The van der Waals surface area contributed by atoms with Crippen LogP contribution in [-0.2, 0) is 0 Å². The van der Waals surface area contributed by atoms with E-state index in [4.69, 9.17) is 0 Å². The molecule has 4 aliphatic rings. The highest BCUT2D eigenvalue weighted by molar-refractivity contribution is 5.93. The molecular formula is C18H25FN4O+2. The minimum Gasteiger partial charge on any atom is -0.326 e. The summed E-state index contributed by atoms with van der Waals surface area (Å²) in [6, 6.07) is 5.63. The van der Waals surface area contributed by atoms with Crippen LogP contribution in [0.15, 0.2) is 35.5 Å². The number of carbonyl (C=O) groups is 1. The van der Waals surface area contributed by atoms with Crippen LogP contribution in [0.1, 0.15) is 23.7 Å². The predicted octanol–water partition coefficient (Wildman–Crippen LogP) is -1.48. The number of amides is 1. The Hall–Kier alpha value is -1.92. The fraction of sp³-hybridized carbons (Fsp3) is 0.500. The Morgan fingerprint density at radius 2 is 1.79 bits per heavy atom. The topological polar surface area (TPSA) is 50.0 Å². The van der Waals surface area contributed by atoms with Crippen molar-refractivity contribution >= 4 is 5.91 Å². The van der Waals surface area contributed by atoms with Gasteiger partial charge in [0.05, 0.1) is 24.4 Å². The molecule has 4 aliphatic heterocycles. The average molecular weight is 332 g/mol. The Labute approximate surface area is 141 Å². The van der Waals surface area contributed by atoms with E-state index in [1.165, 1.54) is 48.6 Å². The molecule has 128 valence electrons. The molecule has 2 atom stereocenters. The van der Waals surface area contributed by atoms with Crippen molar-refractivity contribution in [2.45, 2.75) is 13.3 Å². The maximum Gasteiger partial charge on any atom is 0.269 e. The van der Waals surface area contributed by atoms with Crippen molar-refractivity contribution in [1.29, 1.82) is 0 Å². The zero-order valence-corrected chi connectivity index (χ0v) is 14.0. The largest absolute Gasteiger partial charge is 0.326 e. The maximum atomic E-state index is 13.0. The van der Waals surface area contributed by atoms with Gasteiger partial charge in [-0.15, -0.1) is 0 Å². The highest BCUT2D eigenvalue weighted by Gasteiger charge is 2.52. The summed E-state index contributed by atoms with van der Waals surface area (Å²) in [4.78, 5) is 15.7. The number of quaternary nitrogens is 2. The van der Waals surface area contributed by atoms with E-state index in [9.17, 15) is 9.18 Å². The van der Waals surface area contributed by atoms with E-state index in [2.05, 4.69) is 17.8 Å². The third-order valence-corrected chi connectivity index (χ3v) is 5.90. The van der Waals surface area contributed by atoms with E-state index in [1.807, 2.05) is 0 Å². The van der Waals surface area contributed by atoms with E-state index in [-0.39, 0.29) is 17.1 Å². The van der Waals surface area contributed by atoms with Crippen LogP contribution < -0.4 is 20.7 Å². The van der Waals surface area contributed by atoms with Crippen LogP contribution in [-0.4, -0.2) is 45.2 Å². The van der Waals surface area contributed by atoms with Crippen LogP contribution in [0.2, 0.25) is 0 Å². The van der Waals surface area contributed by atoms with Crippen molar-refractivity contribution in [2.75, 3.05) is 39.3 Å². The summed E-state index contributed by atoms with van der Waals surface area (Å²) in [5.74, 6) is -0.554. The Morgan fingerprint density at radius 3 is 2.38 bits per heavy atom. The minimum absolute atomic E-state index is 0.142. The van der Waals surface area contributed by atoms with Crippen molar-refractivity contribution in [3.63, 3.8) is 0 Å². The fourth-order valence-corrected chi connectivity index (χ4v) is 4.69. The Kier molecular flexibility index (Phi) is 3.81. The van der Waals surface area contributed by atoms with Crippen LogP contribution in [0.5, 0.6) is 0 Å². The molecule has 0 spiro atoms. The number of benzene rings is 1. The number of halogens is 1. The van der Waals surface area contributed by atoms with Crippen LogP contribution in [0.4, 0.5) is 4.39 Å². The number of hydrogen-bond acceptors (Lipinski definition) is 2. The van der Waals surface area contributed by atoms with Gasteiger partial charge in [-0.05, 0) is 30.7 Å². The zero-order chi connectivity index (χ0) is 16.7. The van der Waals surface area contributed by atoms with Crippen molar-refractivity contribution in [3.8, 4) is 0 Å². The van der Waals surface area contributed by atoms with Crippen LogP contribution in [0.25, 0.3) is 0 Å². The molecule has 2 unspecified atom stereocenters. The van der Waals surface area contributed by atoms with Gasteiger partial charge in [0.1, 0.15) is 37.4 Å². The second kappa shape index (κ2) is 5.86. The van der Waals surface area contributed by atoms with E-state index >= 15 is 0 Å². The smallest absolute Gasteiger partial charge is 0.269 e. The number of hydrazine groups is 1. The van der Waals surface area contributed by atoms with Gasteiger partial charge in [-0.2, -0.15) is 0 Å². The number of hydrogen-bond donors (Lipinski definition) is 4. The fourth-order valence-electron chi connectivity index (χ4n) is 4.69. The average Bonchev–Trinajstić information content (AvgIpc) is 2.82. The summed E-state index contributed by atoms with van der Waals surface area (Å²) < 4.78 is 13.0. The molecule has 0 aliphatic carbocycles. The molecule has 1 aromatic rings. The molecule has 1 amide bonds. The molecule has 0 aromatic heterocycles. The molecular weight excluding hydrogens is 307 g/mol. The van der Waals surface area contributed by atoms with Crippen molar-refractivity contribution in [3.05, 3.63) is 46.9 Å². The van der Waals surface area contributed by atoms with Gasteiger partial charge in [0.2, 0.25) is 0 Å². The molecule has 4 N–H and O–H groups in total. The first-order valence-corrected chi connectivity index (χ1v) is 8.81. The Bertz CT molecular complexity index is 667. The lowest BCUT2D eigenvalue weighted by Crippen LogP contribution is -3.14. The zero-order valence-electron chi connectivity index (χ0n) is 14.0. The molecule has 0 saturated carbocycles. The lowest BCUT2D eigenvalue weighted by Gasteiger charge is -2.43. The first-order valence-electron chi connectivity index (χ1n) is 8.81. The third kappa shape index (κ3) is 2.59. The highest BCUT2D eigenvalue weighted by atomic mass is 19.1. The maximum absolute atomic E-state index is 13.0. The Balaban J connectivity index is 1.54. The molecule has 24 heavy (non-hydrogen) atoms. The second-order valence-electron chi connectivity index (χ2n) is 7.41. The van der Waals surface area contributed by atoms with Gasteiger partial charge in [0.25, 0.3) is 5.91 Å². The van der Waals surface area contributed by atoms with Gasteiger partial charge in [0, 0.05) is 5.56 Å². The molecule has 5 rings (SSSR count). The van der Waals surface area contributed by atoms with E-state index < -0.39 is 0 Å². The van der Waals surface area contributed by atoms with Gasteiger partial charge >= 0.3 is 0 Å². The number of carbonyl (C=O) groups excluding carboxylic acids is 1. The van der Waals surface area contributed by atoms with E-state index in [0.717, 1.165) is 32.6 Å². The molecule has 2 saturated heterocycles. The number of fused-ring (bicyclic) bond motifs is 1.